The molecule has 2 heterocycles. The summed E-state index contributed by atoms with van der Waals surface area (Å²) in [5, 5.41) is 0. The molecule has 4 nitrogen and oxygen atoms in total. The fourth-order valence-electron chi connectivity index (χ4n) is 2.46. The van der Waals surface area contributed by atoms with Crippen molar-refractivity contribution in [3.63, 3.8) is 0 Å². The number of nitrogen functional groups attached to an aromatic ring is 1. The summed E-state index contributed by atoms with van der Waals surface area (Å²) >= 11 is 0. The van der Waals surface area contributed by atoms with Crippen LogP contribution in [0.4, 0.5) is 11.4 Å². The molecule has 19 heavy (non-hydrogen) atoms. The lowest BCUT2D eigenvalue weighted by Gasteiger charge is -2.43. The molecule has 0 amide bonds. The van der Waals surface area contributed by atoms with E-state index in [1.165, 1.54) is 5.69 Å². The van der Waals surface area contributed by atoms with E-state index in [4.69, 9.17) is 10.5 Å². The van der Waals surface area contributed by atoms with Crippen molar-refractivity contribution in [1.29, 1.82) is 0 Å². The number of nitrogens with two attached hydrogens (primary N) is 1. The van der Waals surface area contributed by atoms with Gasteiger partial charge in [-0.15, -0.1) is 0 Å². The Hall–Kier alpha value is -1.26. The monoisotopic (exact) mass is 263 g/mol. The molecule has 0 saturated carbocycles. The van der Waals surface area contributed by atoms with E-state index in [1.54, 1.807) is 0 Å². The molecule has 0 unspecified atom stereocenters. The summed E-state index contributed by atoms with van der Waals surface area (Å²) in [6.07, 6.45) is 0. The molecule has 1 aromatic rings. The van der Waals surface area contributed by atoms with E-state index in [-0.39, 0.29) is 0 Å². The number of hydrogen-bond acceptors (Lipinski definition) is 4. The fraction of sp³-hybridized carbons (Fsp3) is 0.600. The van der Waals surface area contributed by atoms with Crippen molar-refractivity contribution in [3.8, 4) is 0 Å². The van der Waals surface area contributed by atoms with Crippen molar-refractivity contribution in [1.82, 2.24) is 4.90 Å². The van der Waals surface area contributed by atoms with Gasteiger partial charge in [0.05, 0.1) is 19.3 Å². The highest BCUT2D eigenvalue weighted by atomic mass is 16.5. The average Bonchev–Trinajstić information content (AvgIpc) is 2.41. The Kier molecular flexibility index (Phi) is 5.05. The van der Waals surface area contributed by atoms with Crippen LogP contribution in [0.25, 0.3) is 0 Å². The molecule has 0 bridgehead atoms. The SMILES string of the molecule is CC.Nc1ccc(N2CCN(C3COC3)CC2)cc1. The Morgan fingerprint density at radius 2 is 1.58 bits per heavy atom. The van der Waals surface area contributed by atoms with Crippen molar-refractivity contribution in [3.05, 3.63) is 24.3 Å². The predicted octanol–water partition coefficient (Wildman–Crippen LogP) is 1.82. The normalized spacial score (nSPS) is 20.4. The average molecular weight is 263 g/mol. The first-order valence-electron chi connectivity index (χ1n) is 7.25. The van der Waals surface area contributed by atoms with Gasteiger partial charge in [-0.05, 0) is 24.3 Å². The quantitative estimate of drug-likeness (QED) is 0.826. The molecule has 106 valence electrons. The van der Waals surface area contributed by atoms with Crippen LogP contribution < -0.4 is 10.6 Å². The van der Waals surface area contributed by atoms with Gasteiger partial charge in [0.1, 0.15) is 0 Å². The smallest absolute Gasteiger partial charge is 0.0645 e. The molecule has 0 aromatic heterocycles. The Balaban J connectivity index is 0.000000637. The zero-order chi connectivity index (χ0) is 13.7. The van der Waals surface area contributed by atoms with E-state index >= 15 is 0 Å². The molecule has 0 aliphatic carbocycles. The van der Waals surface area contributed by atoms with Gasteiger partial charge in [0.25, 0.3) is 0 Å². The number of ether oxygens (including phenoxy) is 1. The minimum atomic E-state index is 0.670. The molecular formula is C15H25N3O. The third-order valence-electron chi connectivity index (χ3n) is 3.71. The molecule has 4 heteroatoms. The molecule has 0 atom stereocenters. The molecule has 3 rings (SSSR count). The molecule has 2 aliphatic heterocycles. The lowest BCUT2D eigenvalue weighted by Crippen LogP contribution is -2.56. The van der Waals surface area contributed by atoms with Gasteiger partial charge in [0, 0.05) is 37.6 Å². The Morgan fingerprint density at radius 3 is 2.05 bits per heavy atom. The second-order valence-electron chi connectivity index (χ2n) is 4.81. The van der Waals surface area contributed by atoms with Crippen LogP contribution in [0.3, 0.4) is 0 Å². The minimum Gasteiger partial charge on any atom is -0.399 e. The summed E-state index contributed by atoms with van der Waals surface area (Å²) in [6.45, 7) is 10.3. The van der Waals surface area contributed by atoms with Gasteiger partial charge in [-0.25, -0.2) is 0 Å². The second kappa shape index (κ2) is 6.78. The van der Waals surface area contributed by atoms with Crippen LogP contribution in [0.1, 0.15) is 13.8 Å². The van der Waals surface area contributed by atoms with E-state index in [2.05, 4.69) is 21.9 Å². The van der Waals surface area contributed by atoms with Crippen LogP contribution in [0.5, 0.6) is 0 Å². The maximum Gasteiger partial charge on any atom is 0.0645 e. The molecule has 1 aromatic carbocycles. The summed E-state index contributed by atoms with van der Waals surface area (Å²) < 4.78 is 5.24. The summed E-state index contributed by atoms with van der Waals surface area (Å²) in [4.78, 5) is 4.97. The van der Waals surface area contributed by atoms with Crippen molar-refractivity contribution >= 4 is 11.4 Å². The third-order valence-corrected chi connectivity index (χ3v) is 3.71. The highest BCUT2D eigenvalue weighted by molar-refractivity contribution is 5.53. The molecule has 2 N–H and O–H groups in total. The zero-order valence-corrected chi connectivity index (χ0v) is 12.0. The number of nitrogens with zero attached hydrogens (tertiary/aromatic N) is 2. The predicted molar refractivity (Wildman–Crippen MR) is 80.6 cm³/mol. The minimum absolute atomic E-state index is 0.670. The number of anilines is 2. The molecule has 2 fully saturated rings. The van der Waals surface area contributed by atoms with Crippen LogP contribution in [0.15, 0.2) is 24.3 Å². The lowest BCUT2D eigenvalue weighted by atomic mass is 10.1. The Morgan fingerprint density at radius 1 is 1.00 bits per heavy atom. The van der Waals surface area contributed by atoms with E-state index in [1.807, 2.05) is 26.0 Å². The van der Waals surface area contributed by atoms with Gasteiger partial charge in [-0.3, -0.25) is 4.90 Å². The molecular weight excluding hydrogens is 238 g/mol. The first-order chi connectivity index (χ1) is 9.33. The summed E-state index contributed by atoms with van der Waals surface area (Å²) in [5.41, 5.74) is 7.82. The molecule has 0 spiro atoms. The molecule has 2 aliphatic rings. The number of hydrogen-bond donors (Lipinski definition) is 1. The van der Waals surface area contributed by atoms with Crippen LogP contribution in [0, 0.1) is 0 Å². The first-order valence-corrected chi connectivity index (χ1v) is 7.25. The number of rotatable bonds is 2. The van der Waals surface area contributed by atoms with Gasteiger partial charge >= 0.3 is 0 Å². The lowest BCUT2D eigenvalue weighted by molar-refractivity contribution is -0.0660. The molecule has 2 saturated heterocycles. The van der Waals surface area contributed by atoms with Crippen molar-refractivity contribution < 1.29 is 4.74 Å². The van der Waals surface area contributed by atoms with E-state index < -0.39 is 0 Å². The van der Waals surface area contributed by atoms with Crippen molar-refractivity contribution in [2.45, 2.75) is 19.9 Å². The number of piperazine rings is 1. The largest absolute Gasteiger partial charge is 0.399 e. The Labute approximate surface area is 116 Å². The summed E-state index contributed by atoms with van der Waals surface area (Å²) in [6, 6.07) is 8.83. The van der Waals surface area contributed by atoms with E-state index in [9.17, 15) is 0 Å². The maximum absolute atomic E-state index is 5.70. The van der Waals surface area contributed by atoms with Gasteiger partial charge in [0.15, 0.2) is 0 Å². The second-order valence-corrected chi connectivity index (χ2v) is 4.81. The standard InChI is InChI=1S/C13H19N3O.C2H6/c14-11-1-3-12(4-2-11)15-5-7-16(8-6-15)13-9-17-10-13;1-2/h1-4,13H,5-10,14H2;1-2H3. The van der Waals surface area contributed by atoms with Crippen molar-refractivity contribution in [2.75, 3.05) is 50.0 Å². The van der Waals surface area contributed by atoms with Crippen LogP contribution in [-0.2, 0) is 4.74 Å². The van der Waals surface area contributed by atoms with Crippen LogP contribution >= 0.6 is 0 Å². The highest BCUT2D eigenvalue weighted by Gasteiger charge is 2.28. The van der Waals surface area contributed by atoms with Gasteiger partial charge in [0.2, 0.25) is 0 Å². The van der Waals surface area contributed by atoms with Crippen LogP contribution in [-0.4, -0.2) is 50.3 Å². The number of benzene rings is 1. The maximum atomic E-state index is 5.70. The van der Waals surface area contributed by atoms with Crippen LogP contribution in [0.2, 0.25) is 0 Å². The fourth-order valence-corrected chi connectivity index (χ4v) is 2.46. The third kappa shape index (κ3) is 3.39. The van der Waals surface area contributed by atoms with Gasteiger partial charge < -0.3 is 15.4 Å². The molecule has 0 radical (unpaired) electrons. The zero-order valence-electron chi connectivity index (χ0n) is 12.0. The van der Waals surface area contributed by atoms with E-state index in [0.29, 0.717) is 6.04 Å². The van der Waals surface area contributed by atoms with E-state index in [0.717, 1.165) is 45.1 Å². The Bertz CT molecular complexity index is 367. The first kappa shape index (κ1) is 14.2. The topological polar surface area (TPSA) is 41.7 Å². The highest BCUT2D eigenvalue weighted by Crippen LogP contribution is 2.20. The van der Waals surface area contributed by atoms with Gasteiger partial charge in [-0.1, -0.05) is 13.8 Å². The van der Waals surface area contributed by atoms with Crippen molar-refractivity contribution in [2.24, 2.45) is 0 Å². The van der Waals surface area contributed by atoms with Gasteiger partial charge in [-0.2, -0.15) is 0 Å². The summed E-state index contributed by atoms with van der Waals surface area (Å²) in [5.74, 6) is 0. The summed E-state index contributed by atoms with van der Waals surface area (Å²) in [7, 11) is 0.